The van der Waals surface area contributed by atoms with Crippen LogP contribution in [0.2, 0.25) is 0 Å². The van der Waals surface area contributed by atoms with E-state index in [9.17, 15) is 9.59 Å². The maximum absolute atomic E-state index is 10.4. The van der Waals surface area contributed by atoms with E-state index in [0.717, 1.165) is 0 Å². The van der Waals surface area contributed by atoms with Gasteiger partial charge in [-0.1, -0.05) is 0 Å². The van der Waals surface area contributed by atoms with Crippen LogP contribution in [0.1, 0.15) is 6.42 Å². The van der Waals surface area contributed by atoms with Crippen molar-refractivity contribution >= 4 is 11.8 Å². The first-order chi connectivity index (χ1) is 4.45. The van der Waals surface area contributed by atoms with Crippen LogP contribution in [0.5, 0.6) is 0 Å². The van der Waals surface area contributed by atoms with Crippen LogP contribution in [-0.4, -0.2) is 38.1 Å². The number of carbonyl (C=O) groups excluding carboxylic acids is 2. The van der Waals surface area contributed by atoms with E-state index in [1.54, 1.807) is 0 Å². The van der Waals surface area contributed by atoms with Crippen LogP contribution in [0.15, 0.2) is 0 Å². The smallest absolute Gasteiger partial charge is 0.313 e. The molecule has 1 aliphatic rings. The van der Waals surface area contributed by atoms with Crippen LogP contribution in [0.4, 0.5) is 0 Å². The normalized spacial score (nSPS) is 24.1. The van der Waals surface area contributed by atoms with Crippen molar-refractivity contribution in [3.8, 4) is 0 Å². The van der Waals surface area contributed by atoms with Gasteiger partial charge in [0.05, 0.1) is 6.42 Å². The summed E-state index contributed by atoms with van der Waals surface area (Å²) in [6.45, 7) is 0. The van der Waals surface area contributed by atoms with Crippen LogP contribution in [0.3, 0.4) is 0 Å². The zero-order chi connectivity index (χ0) is 7.94. The molecule has 56 valence electrons. The van der Waals surface area contributed by atoms with Gasteiger partial charge < -0.3 is 10.2 Å². The number of hydrogen-bond acceptors (Lipinski definition) is 5. The van der Waals surface area contributed by atoms with Crippen molar-refractivity contribution in [3.63, 3.8) is 0 Å². The van der Waals surface area contributed by atoms with Gasteiger partial charge in [0.25, 0.3) is 11.7 Å². The lowest BCUT2D eigenvalue weighted by Gasteiger charge is -2.08. The van der Waals surface area contributed by atoms with Crippen molar-refractivity contribution in [1.82, 2.24) is 5.06 Å². The monoisotopic (exact) mass is 147 g/mol. The molecule has 1 rings (SSSR count). The fourth-order valence-corrected chi connectivity index (χ4v) is 0.644. The van der Waals surface area contributed by atoms with Crippen LogP contribution in [0, 0.1) is 0 Å². The maximum atomic E-state index is 10.4. The molecule has 0 radical (unpaired) electrons. The lowest BCUT2D eigenvalue weighted by molar-refractivity contribution is -0.199. The highest BCUT2D eigenvalue weighted by molar-refractivity contribution is 6.04. The molecule has 0 atom stereocenters. The van der Waals surface area contributed by atoms with Crippen molar-refractivity contribution in [2.45, 2.75) is 12.2 Å². The van der Waals surface area contributed by atoms with Crippen molar-refractivity contribution in [2.24, 2.45) is 0 Å². The van der Waals surface area contributed by atoms with E-state index in [1.807, 2.05) is 0 Å². The molecule has 1 fully saturated rings. The van der Waals surface area contributed by atoms with Gasteiger partial charge in [0.1, 0.15) is 0 Å². The predicted molar refractivity (Wildman–Crippen MR) is 25.4 cm³/mol. The van der Waals surface area contributed by atoms with Crippen molar-refractivity contribution < 1.29 is 25.0 Å². The Bertz CT molecular complexity index is 198. The zero-order valence-electron chi connectivity index (χ0n) is 4.81. The molecule has 0 aromatic carbocycles. The summed E-state index contributed by atoms with van der Waals surface area (Å²) in [6.07, 6.45) is -0.789. The zero-order valence-corrected chi connectivity index (χ0v) is 4.81. The Morgan fingerprint density at radius 2 is 1.90 bits per heavy atom. The third-order valence-electron chi connectivity index (χ3n) is 1.17. The Morgan fingerprint density at radius 1 is 1.40 bits per heavy atom. The summed E-state index contributed by atoms with van der Waals surface area (Å²) < 4.78 is 0. The molecule has 6 heteroatoms. The fraction of sp³-hybridized carbons (Fsp3) is 0.500. The maximum Gasteiger partial charge on any atom is 0.313 e. The summed E-state index contributed by atoms with van der Waals surface area (Å²) in [7, 11) is 0. The van der Waals surface area contributed by atoms with E-state index >= 15 is 0 Å². The van der Waals surface area contributed by atoms with Crippen molar-refractivity contribution in [2.75, 3.05) is 0 Å². The van der Waals surface area contributed by atoms with E-state index < -0.39 is 24.0 Å². The first-order valence-electron chi connectivity index (χ1n) is 2.46. The van der Waals surface area contributed by atoms with E-state index in [2.05, 4.69) is 0 Å². The number of aliphatic hydroxyl groups is 2. The summed E-state index contributed by atoms with van der Waals surface area (Å²) in [5, 5.41) is 25.3. The summed E-state index contributed by atoms with van der Waals surface area (Å²) >= 11 is 0. The van der Waals surface area contributed by atoms with Crippen LogP contribution < -0.4 is 0 Å². The van der Waals surface area contributed by atoms with E-state index in [4.69, 9.17) is 15.4 Å². The summed E-state index contributed by atoms with van der Waals surface area (Å²) in [4.78, 5) is 20.7. The van der Waals surface area contributed by atoms with E-state index in [0.29, 0.717) is 0 Å². The van der Waals surface area contributed by atoms with Gasteiger partial charge in [-0.25, -0.2) is 0 Å². The minimum absolute atomic E-state index is 0.306. The summed E-state index contributed by atoms with van der Waals surface area (Å²) in [6, 6.07) is 0. The van der Waals surface area contributed by atoms with Gasteiger partial charge in [-0.3, -0.25) is 14.8 Å². The van der Waals surface area contributed by atoms with Gasteiger partial charge >= 0.3 is 5.91 Å². The number of carbonyl (C=O) groups is 2. The molecule has 0 aromatic heterocycles. The molecule has 1 heterocycles. The van der Waals surface area contributed by atoms with Crippen molar-refractivity contribution in [1.29, 1.82) is 0 Å². The van der Waals surface area contributed by atoms with Gasteiger partial charge in [0, 0.05) is 0 Å². The third-order valence-corrected chi connectivity index (χ3v) is 1.17. The highest BCUT2D eigenvalue weighted by Crippen LogP contribution is 2.18. The lowest BCUT2D eigenvalue weighted by atomic mass is 10.2. The second kappa shape index (κ2) is 1.75. The predicted octanol–water partition coefficient (Wildman–Crippen LogP) is -2.18. The summed E-state index contributed by atoms with van der Waals surface area (Å²) in [5.41, 5.74) is 0. The highest BCUT2D eigenvalue weighted by Gasteiger charge is 2.49. The molecular formula is C4H5NO5. The number of nitrogens with zero attached hydrogens (tertiary/aromatic N) is 1. The van der Waals surface area contributed by atoms with Gasteiger partial charge in [-0.05, 0) is 0 Å². The average Bonchev–Trinajstić information content (AvgIpc) is 1.95. The van der Waals surface area contributed by atoms with E-state index in [-0.39, 0.29) is 5.06 Å². The number of hydroxylamine groups is 2. The SMILES string of the molecule is O=C1CC(O)(O)C(=O)N1O. The summed E-state index contributed by atoms with van der Waals surface area (Å²) in [5.74, 6) is -5.14. The molecule has 0 unspecified atom stereocenters. The Balaban J connectivity index is 2.92. The fourth-order valence-electron chi connectivity index (χ4n) is 0.644. The van der Waals surface area contributed by atoms with Crippen LogP contribution in [-0.2, 0) is 9.59 Å². The van der Waals surface area contributed by atoms with Crippen LogP contribution >= 0.6 is 0 Å². The highest BCUT2D eigenvalue weighted by atomic mass is 16.6. The molecule has 6 nitrogen and oxygen atoms in total. The van der Waals surface area contributed by atoms with Gasteiger partial charge in [0.15, 0.2) is 0 Å². The second-order valence-corrected chi connectivity index (χ2v) is 2.00. The second-order valence-electron chi connectivity index (χ2n) is 2.00. The lowest BCUT2D eigenvalue weighted by Crippen LogP contribution is -2.38. The third kappa shape index (κ3) is 0.783. The first-order valence-corrected chi connectivity index (χ1v) is 2.46. The largest absolute Gasteiger partial charge is 0.358 e. The Kier molecular flexibility index (Phi) is 1.25. The Hall–Kier alpha value is -0.980. The number of hydrogen-bond donors (Lipinski definition) is 3. The molecule has 0 aromatic rings. The molecule has 1 saturated heterocycles. The average molecular weight is 147 g/mol. The minimum Gasteiger partial charge on any atom is -0.358 e. The Morgan fingerprint density at radius 3 is 2.00 bits per heavy atom. The number of imide groups is 1. The van der Waals surface area contributed by atoms with Gasteiger partial charge in [-0.15, -0.1) is 0 Å². The molecule has 1 aliphatic heterocycles. The molecule has 0 spiro atoms. The first kappa shape index (κ1) is 7.13. The Labute approximate surface area is 55.2 Å². The standard InChI is InChI=1S/C4H5NO5/c6-2-1-4(8,9)3(7)5(2)10/h8-10H,1H2. The number of rotatable bonds is 0. The molecule has 0 aliphatic carbocycles. The van der Waals surface area contributed by atoms with Crippen LogP contribution in [0.25, 0.3) is 0 Å². The molecule has 0 bridgehead atoms. The molecular weight excluding hydrogens is 142 g/mol. The quantitative estimate of drug-likeness (QED) is 0.205. The topological polar surface area (TPSA) is 98.1 Å². The van der Waals surface area contributed by atoms with Crippen molar-refractivity contribution in [3.05, 3.63) is 0 Å². The molecule has 3 N–H and O–H groups in total. The molecule has 10 heavy (non-hydrogen) atoms. The molecule has 2 amide bonds. The minimum atomic E-state index is -2.72. The number of amides is 2. The van der Waals surface area contributed by atoms with Gasteiger partial charge in [-0.2, -0.15) is 5.06 Å². The molecule has 0 saturated carbocycles. The van der Waals surface area contributed by atoms with E-state index in [1.165, 1.54) is 0 Å². The van der Waals surface area contributed by atoms with Gasteiger partial charge in [0.2, 0.25) is 0 Å².